The molecule has 0 aliphatic carbocycles. The van der Waals surface area contributed by atoms with Gasteiger partial charge < -0.3 is 39.0 Å². The summed E-state index contributed by atoms with van der Waals surface area (Å²) in [6.07, 6.45) is 62.4. The van der Waals surface area contributed by atoms with E-state index < -0.39 is 67.3 Å². The molecule has 1 saturated heterocycles. The number of carboxylic acids is 1. The lowest BCUT2D eigenvalue weighted by atomic mass is 9.98. The fourth-order valence-corrected chi connectivity index (χ4v) is 11.3. The average molecular weight is 1200 g/mol. The van der Waals surface area contributed by atoms with Crippen molar-refractivity contribution in [1.29, 1.82) is 0 Å². The average Bonchev–Trinajstić information content (AvgIpc) is 2.83. The highest BCUT2D eigenvalue weighted by molar-refractivity contribution is 5.74. The minimum Gasteiger partial charge on any atom is -0.479 e. The molecule has 1 fully saturated rings. The molecule has 1 aliphatic rings. The van der Waals surface area contributed by atoms with Crippen molar-refractivity contribution in [1.82, 2.24) is 0 Å². The van der Waals surface area contributed by atoms with Gasteiger partial charge in [0.1, 0.15) is 18.8 Å². The molecular weight excluding hydrogens is 1070 g/mol. The Balaban J connectivity index is 2.61. The van der Waals surface area contributed by atoms with E-state index in [1.54, 1.807) is 0 Å². The van der Waals surface area contributed by atoms with E-state index in [0.29, 0.717) is 19.3 Å². The Kier molecular flexibility index (Phi) is 57.6. The number of unbranched alkanes of at least 4 members (excludes halogenated alkanes) is 43. The largest absolute Gasteiger partial charge is 0.479 e. The van der Waals surface area contributed by atoms with Gasteiger partial charge in [0.15, 0.2) is 24.6 Å². The summed E-state index contributed by atoms with van der Waals surface area (Å²) in [5.74, 6) is -3.08. The second-order valence-electron chi connectivity index (χ2n) is 24.9. The molecular formula is C73H132O12. The molecule has 12 nitrogen and oxygen atoms in total. The summed E-state index contributed by atoms with van der Waals surface area (Å²) in [5, 5.41) is 31.7. The van der Waals surface area contributed by atoms with Gasteiger partial charge in [0.25, 0.3) is 0 Å². The van der Waals surface area contributed by atoms with E-state index in [9.17, 15) is 34.5 Å². The van der Waals surface area contributed by atoms with E-state index >= 15 is 0 Å². The molecule has 0 aromatic rings. The first-order valence-corrected chi connectivity index (χ1v) is 36.0. The van der Waals surface area contributed by atoms with Crippen molar-refractivity contribution >= 4 is 23.9 Å². The number of carboxylic acid groups (broad SMARTS) is 1. The Morgan fingerprint density at radius 3 is 1.13 bits per heavy atom. The summed E-state index contributed by atoms with van der Waals surface area (Å²) in [5.41, 5.74) is 0. The smallest absolute Gasteiger partial charge is 0.335 e. The second-order valence-corrected chi connectivity index (χ2v) is 24.9. The van der Waals surface area contributed by atoms with E-state index in [0.717, 1.165) is 103 Å². The van der Waals surface area contributed by atoms with Gasteiger partial charge in [-0.15, -0.1) is 0 Å². The number of aliphatic hydroxyl groups excluding tert-OH is 2. The molecule has 496 valence electrons. The number of carbonyl (C=O) groups is 4. The van der Waals surface area contributed by atoms with E-state index in [4.69, 9.17) is 23.7 Å². The molecule has 0 aromatic carbocycles. The third-order valence-corrected chi connectivity index (χ3v) is 16.7. The van der Waals surface area contributed by atoms with Crippen LogP contribution in [0.5, 0.6) is 0 Å². The van der Waals surface area contributed by atoms with Crippen molar-refractivity contribution in [2.45, 2.75) is 391 Å². The lowest BCUT2D eigenvalue weighted by Crippen LogP contribution is -2.61. The molecule has 0 spiro atoms. The molecule has 6 unspecified atom stereocenters. The fourth-order valence-electron chi connectivity index (χ4n) is 11.3. The zero-order chi connectivity index (χ0) is 61.7. The van der Waals surface area contributed by atoms with Gasteiger partial charge in [-0.2, -0.15) is 0 Å². The summed E-state index contributed by atoms with van der Waals surface area (Å²) >= 11 is 0. The first-order valence-electron chi connectivity index (χ1n) is 36.0. The highest BCUT2D eigenvalue weighted by Crippen LogP contribution is 2.27. The number of aliphatic hydroxyl groups is 2. The normalized spacial score (nSPS) is 17.6. The van der Waals surface area contributed by atoms with Gasteiger partial charge in [-0.3, -0.25) is 14.4 Å². The quantitative estimate of drug-likeness (QED) is 0.0228. The van der Waals surface area contributed by atoms with Crippen LogP contribution < -0.4 is 0 Å². The number of allylic oxidation sites excluding steroid dienone is 6. The minimum absolute atomic E-state index is 0.0533. The van der Waals surface area contributed by atoms with Crippen LogP contribution in [0.25, 0.3) is 0 Å². The predicted molar refractivity (Wildman–Crippen MR) is 350 cm³/mol. The number of ether oxygens (including phenoxy) is 5. The second kappa shape index (κ2) is 61.2. The molecule has 0 bridgehead atoms. The van der Waals surface area contributed by atoms with Gasteiger partial charge in [-0.1, -0.05) is 320 Å². The number of rotatable bonds is 63. The predicted octanol–water partition coefficient (Wildman–Crippen LogP) is 19.9. The minimum atomic E-state index is -1.90. The number of carbonyl (C=O) groups excluding carboxylic acids is 3. The molecule has 12 heteroatoms. The van der Waals surface area contributed by atoms with Gasteiger partial charge in [-0.05, 0) is 51.4 Å². The van der Waals surface area contributed by atoms with E-state index in [-0.39, 0.29) is 25.9 Å². The van der Waals surface area contributed by atoms with Crippen LogP contribution >= 0.6 is 0 Å². The van der Waals surface area contributed by atoms with Crippen molar-refractivity contribution in [3.63, 3.8) is 0 Å². The Labute approximate surface area is 521 Å². The van der Waals surface area contributed by atoms with Crippen LogP contribution in [0, 0.1) is 0 Å². The monoisotopic (exact) mass is 1200 g/mol. The first kappa shape index (κ1) is 80.0. The van der Waals surface area contributed by atoms with Crippen LogP contribution in [-0.4, -0.2) is 89.2 Å². The lowest BCUT2D eigenvalue weighted by molar-refractivity contribution is -0.301. The molecule has 0 radical (unpaired) electrons. The SMILES string of the molecule is CC/C=C\C/C=C\C/C=C\CCCCCCCCCC(=O)OC1C(OCC(COC(=O)CCCCCCCCCCCCCCCCCCCCC)OC(=O)CCCCCCCCCCCCCCCCCCCCC)OC(C(=O)O)C(O)C1O. The topological polar surface area (TPSA) is 175 Å². The molecule has 3 N–H and O–H groups in total. The van der Waals surface area contributed by atoms with Crippen molar-refractivity contribution in [3.8, 4) is 0 Å². The van der Waals surface area contributed by atoms with Gasteiger partial charge in [0.05, 0.1) is 6.61 Å². The van der Waals surface area contributed by atoms with E-state index in [1.165, 1.54) is 193 Å². The van der Waals surface area contributed by atoms with Crippen molar-refractivity contribution in [3.05, 3.63) is 36.5 Å². The summed E-state index contributed by atoms with van der Waals surface area (Å²) in [6.45, 7) is 5.97. The molecule has 85 heavy (non-hydrogen) atoms. The van der Waals surface area contributed by atoms with Crippen molar-refractivity contribution in [2.75, 3.05) is 13.2 Å². The van der Waals surface area contributed by atoms with Crippen LogP contribution in [0.1, 0.15) is 355 Å². The number of esters is 3. The van der Waals surface area contributed by atoms with Crippen LogP contribution in [-0.2, 0) is 42.9 Å². The number of hydrogen-bond acceptors (Lipinski definition) is 11. The Bertz CT molecular complexity index is 1610. The van der Waals surface area contributed by atoms with Gasteiger partial charge in [-0.25, -0.2) is 4.79 Å². The molecule has 1 heterocycles. The summed E-state index contributed by atoms with van der Waals surface area (Å²) < 4.78 is 28.7. The van der Waals surface area contributed by atoms with Crippen LogP contribution in [0.4, 0.5) is 0 Å². The van der Waals surface area contributed by atoms with E-state index in [2.05, 4.69) is 57.2 Å². The maximum Gasteiger partial charge on any atom is 0.335 e. The molecule has 1 rings (SSSR count). The summed E-state index contributed by atoms with van der Waals surface area (Å²) in [6, 6.07) is 0. The Morgan fingerprint density at radius 2 is 0.741 bits per heavy atom. The highest BCUT2D eigenvalue weighted by Gasteiger charge is 2.50. The fraction of sp³-hybridized carbons (Fsp3) is 0.863. The third-order valence-electron chi connectivity index (χ3n) is 16.7. The van der Waals surface area contributed by atoms with Gasteiger partial charge >= 0.3 is 23.9 Å². The number of hydrogen-bond donors (Lipinski definition) is 3. The van der Waals surface area contributed by atoms with Crippen LogP contribution in [0.2, 0.25) is 0 Å². The molecule has 0 amide bonds. The lowest BCUT2D eigenvalue weighted by Gasteiger charge is -2.40. The summed E-state index contributed by atoms with van der Waals surface area (Å²) in [4.78, 5) is 51.5. The highest BCUT2D eigenvalue weighted by atomic mass is 16.7. The maximum atomic E-state index is 13.3. The first-order chi connectivity index (χ1) is 41.6. The molecule has 0 saturated carbocycles. The van der Waals surface area contributed by atoms with Crippen LogP contribution in [0.3, 0.4) is 0 Å². The Hall–Kier alpha value is -3.06. The molecule has 1 aliphatic heterocycles. The molecule has 6 atom stereocenters. The van der Waals surface area contributed by atoms with Crippen molar-refractivity contribution < 1.29 is 58.2 Å². The van der Waals surface area contributed by atoms with Crippen LogP contribution in [0.15, 0.2) is 36.5 Å². The zero-order valence-corrected chi connectivity index (χ0v) is 55.1. The number of aliphatic carboxylic acids is 1. The maximum absolute atomic E-state index is 13.3. The third kappa shape index (κ3) is 50.5. The Morgan fingerprint density at radius 1 is 0.400 bits per heavy atom. The summed E-state index contributed by atoms with van der Waals surface area (Å²) in [7, 11) is 0. The van der Waals surface area contributed by atoms with Gasteiger partial charge in [0.2, 0.25) is 0 Å². The molecule has 0 aromatic heterocycles. The van der Waals surface area contributed by atoms with Crippen molar-refractivity contribution in [2.24, 2.45) is 0 Å². The standard InChI is InChI=1S/C73H132O12/c1-4-7-10-13-16-19-22-25-28-31-33-36-38-41-44-47-50-53-56-59-65(74)81-62-64(83-66(75)60-57-54-51-48-45-42-40-37-34-32-29-26-23-20-17-14-11-8-5-2)63-82-73-71(69(78)68(77)70(85-73)72(79)80)84-67(76)61-58-55-52-49-46-43-39-35-30-27-24-21-18-15-12-9-6-3/h9,12,18,21,27,30,64,68-71,73,77-78H,4-8,10-11,13-17,19-20,22-26,28-29,31-63H2,1-3H3,(H,79,80)/b12-9-,21-18-,30-27-. The van der Waals surface area contributed by atoms with E-state index in [1.807, 2.05) is 0 Å². The zero-order valence-electron chi connectivity index (χ0n) is 55.1. The van der Waals surface area contributed by atoms with Gasteiger partial charge in [0, 0.05) is 19.3 Å².